The van der Waals surface area contributed by atoms with Gasteiger partial charge in [0.05, 0.1) is 6.17 Å². The molecule has 2 heteroatoms. The minimum atomic E-state index is 0.168. The summed E-state index contributed by atoms with van der Waals surface area (Å²) < 4.78 is 0. The van der Waals surface area contributed by atoms with Gasteiger partial charge < -0.3 is 11.1 Å². The van der Waals surface area contributed by atoms with E-state index in [1.807, 2.05) is 0 Å². The van der Waals surface area contributed by atoms with Crippen LogP contribution in [0.15, 0.2) is 12.2 Å². The van der Waals surface area contributed by atoms with Gasteiger partial charge in [-0.3, -0.25) is 0 Å². The second-order valence-electron chi connectivity index (χ2n) is 4.79. The third-order valence-corrected chi connectivity index (χ3v) is 3.05. The van der Waals surface area contributed by atoms with E-state index < -0.39 is 0 Å². The monoisotopic (exact) mass is 240 g/mol. The predicted molar refractivity (Wildman–Crippen MR) is 78.0 cm³/mol. The van der Waals surface area contributed by atoms with Gasteiger partial charge in [0.2, 0.25) is 0 Å². The Kier molecular flexibility index (Phi) is 13.4. The summed E-state index contributed by atoms with van der Waals surface area (Å²) in [5.74, 6) is 0. The summed E-state index contributed by atoms with van der Waals surface area (Å²) in [7, 11) is 0. The third-order valence-electron chi connectivity index (χ3n) is 3.05. The molecule has 0 aromatic rings. The summed E-state index contributed by atoms with van der Waals surface area (Å²) in [5, 5.41) is 3.28. The highest BCUT2D eigenvalue weighted by Crippen LogP contribution is 2.07. The van der Waals surface area contributed by atoms with Crippen molar-refractivity contribution in [3.63, 3.8) is 0 Å². The van der Waals surface area contributed by atoms with E-state index in [2.05, 4.69) is 31.3 Å². The average Bonchev–Trinajstić information content (AvgIpc) is 2.35. The van der Waals surface area contributed by atoms with Crippen molar-refractivity contribution in [3.8, 4) is 0 Å². The molecule has 0 saturated heterocycles. The van der Waals surface area contributed by atoms with Crippen LogP contribution in [-0.2, 0) is 0 Å². The minimum absolute atomic E-state index is 0.168. The third kappa shape index (κ3) is 13.6. The highest BCUT2D eigenvalue weighted by atomic mass is 15.0. The first-order chi connectivity index (χ1) is 8.31. The number of rotatable bonds is 12. The molecule has 0 aliphatic rings. The lowest BCUT2D eigenvalue weighted by molar-refractivity contribution is 0.519. The number of allylic oxidation sites excluding steroid dienone is 1. The molecule has 0 heterocycles. The summed E-state index contributed by atoms with van der Waals surface area (Å²) >= 11 is 0. The minimum Gasteiger partial charge on any atom is -0.316 e. The maximum absolute atomic E-state index is 5.76. The van der Waals surface area contributed by atoms with E-state index in [4.69, 9.17) is 5.73 Å². The topological polar surface area (TPSA) is 38.0 Å². The first kappa shape index (κ1) is 16.7. The molecule has 0 aromatic heterocycles. The van der Waals surface area contributed by atoms with Crippen LogP contribution in [0.25, 0.3) is 0 Å². The zero-order chi connectivity index (χ0) is 12.8. The van der Waals surface area contributed by atoms with Crippen LogP contribution in [0.3, 0.4) is 0 Å². The fourth-order valence-electron chi connectivity index (χ4n) is 1.77. The molecule has 1 unspecified atom stereocenters. The highest BCUT2D eigenvalue weighted by Gasteiger charge is 1.93. The van der Waals surface area contributed by atoms with Gasteiger partial charge in [-0.1, -0.05) is 58.1 Å². The SMILES string of the molecule is CCCCCCCCC=CCCNC(N)CC. The van der Waals surface area contributed by atoms with E-state index in [9.17, 15) is 0 Å². The summed E-state index contributed by atoms with van der Waals surface area (Å²) in [4.78, 5) is 0. The van der Waals surface area contributed by atoms with Crippen molar-refractivity contribution in [3.05, 3.63) is 12.2 Å². The maximum atomic E-state index is 5.76. The lowest BCUT2D eigenvalue weighted by atomic mass is 10.1. The molecule has 0 rings (SSSR count). The number of nitrogens with two attached hydrogens (primary N) is 1. The second-order valence-corrected chi connectivity index (χ2v) is 4.79. The Morgan fingerprint density at radius 2 is 1.59 bits per heavy atom. The first-order valence-electron chi connectivity index (χ1n) is 7.45. The molecular formula is C15H32N2. The van der Waals surface area contributed by atoms with E-state index in [1.54, 1.807) is 0 Å². The number of hydrogen-bond donors (Lipinski definition) is 2. The lowest BCUT2D eigenvalue weighted by Crippen LogP contribution is -2.36. The van der Waals surface area contributed by atoms with E-state index in [0.29, 0.717) is 0 Å². The molecule has 0 aliphatic carbocycles. The molecule has 0 saturated carbocycles. The largest absolute Gasteiger partial charge is 0.316 e. The lowest BCUT2D eigenvalue weighted by Gasteiger charge is -2.09. The molecule has 0 bridgehead atoms. The van der Waals surface area contributed by atoms with Gasteiger partial charge >= 0.3 is 0 Å². The van der Waals surface area contributed by atoms with Crippen LogP contribution in [0.4, 0.5) is 0 Å². The quantitative estimate of drug-likeness (QED) is 0.308. The zero-order valence-corrected chi connectivity index (χ0v) is 11.9. The Morgan fingerprint density at radius 1 is 0.941 bits per heavy atom. The van der Waals surface area contributed by atoms with Gasteiger partial charge in [0.1, 0.15) is 0 Å². The van der Waals surface area contributed by atoms with Crippen molar-refractivity contribution in [2.24, 2.45) is 5.73 Å². The molecule has 0 aromatic carbocycles. The molecule has 0 radical (unpaired) electrons. The summed E-state index contributed by atoms with van der Waals surface area (Å²) in [6.07, 6.45) is 16.4. The molecule has 0 aliphatic heterocycles. The van der Waals surface area contributed by atoms with Crippen LogP contribution in [0.5, 0.6) is 0 Å². The van der Waals surface area contributed by atoms with Crippen LogP contribution in [-0.4, -0.2) is 12.7 Å². The van der Waals surface area contributed by atoms with Gasteiger partial charge in [0, 0.05) is 6.54 Å². The molecule has 102 valence electrons. The van der Waals surface area contributed by atoms with Crippen LogP contribution in [0.1, 0.15) is 71.6 Å². The van der Waals surface area contributed by atoms with Gasteiger partial charge in [-0.05, 0) is 25.7 Å². The molecular weight excluding hydrogens is 208 g/mol. The number of nitrogens with one attached hydrogen (secondary N) is 1. The van der Waals surface area contributed by atoms with Crippen molar-refractivity contribution >= 4 is 0 Å². The number of unbranched alkanes of at least 4 members (excludes halogenated alkanes) is 6. The molecule has 17 heavy (non-hydrogen) atoms. The standard InChI is InChI=1S/C15H32N2/c1-3-5-6-7-8-9-10-11-12-13-14-17-15(16)4-2/h11-12,15,17H,3-10,13-14,16H2,1-2H3. The fraction of sp³-hybridized carbons (Fsp3) is 0.867. The van der Waals surface area contributed by atoms with E-state index in [-0.39, 0.29) is 6.17 Å². The van der Waals surface area contributed by atoms with Crippen LogP contribution in [0, 0.1) is 0 Å². The average molecular weight is 240 g/mol. The first-order valence-corrected chi connectivity index (χ1v) is 7.45. The number of hydrogen-bond acceptors (Lipinski definition) is 2. The van der Waals surface area contributed by atoms with Gasteiger partial charge in [-0.25, -0.2) is 0 Å². The van der Waals surface area contributed by atoms with Crippen molar-refractivity contribution in [2.45, 2.75) is 77.8 Å². The van der Waals surface area contributed by atoms with E-state index in [1.165, 1.54) is 44.9 Å². The van der Waals surface area contributed by atoms with Crippen molar-refractivity contribution in [1.82, 2.24) is 5.32 Å². The molecule has 0 amide bonds. The maximum Gasteiger partial charge on any atom is 0.0543 e. The highest BCUT2D eigenvalue weighted by molar-refractivity contribution is 4.82. The van der Waals surface area contributed by atoms with E-state index >= 15 is 0 Å². The van der Waals surface area contributed by atoms with Crippen molar-refractivity contribution < 1.29 is 0 Å². The Morgan fingerprint density at radius 3 is 2.29 bits per heavy atom. The van der Waals surface area contributed by atoms with Crippen molar-refractivity contribution in [2.75, 3.05) is 6.54 Å². The van der Waals surface area contributed by atoms with Gasteiger partial charge in [-0.2, -0.15) is 0 Å². The van der Waals surface area contributed by atoms with Gasteiger partial charge in [0.25, 0.3) is 0 Å². The van der Waals surface area contributed by atoms with E-state index in [0.717, 1.165) is 19.4 Å². The Bertz CT molecular complexity index is 166. The summed E-state index contributed by atoms with van der Waals surface area (Å²) in [6, 6.07) is 0. The Balaban J connectivity index is 3.09. The smallest absolute Gasteiger partial charge is 0.0543 e. The fourth-order valence-corrected chi connectivity index (χ4v) is 1.77. The second kappa shape index (κ2) is 13.7. The molecule has 0 spiro atoms. The van der Waals surface area contributed by atoms with Crippen LogP contribution < -0.4 is 11.1 Å². The van der Waals surface area contributed by atoms with Crippen molar-refractivity contribution in [1.29, 1.82) is 0 Å². The Labute approximate surface area is 108 Å². The Hall–Kier alpha value is -0.340. The predicted octanol–water partition coefficient (Wildman–Crippen LogP) is 3.97. The normalized spacial score (nSPS) is 13.4. The van der Waals surface area contributed by atoms with Gasteiger partial charge in [-0.15, -0.1) is 0 Å². The molecule has 1 atom stereocenters. The van der Waals surface area contributed by atoms with Gasteiger partial charge in [0.15, 0.2) is 0 Å². The summed E-state index contributed by atoms with van der Waals surface area (Å²) in [6.45, 7) is 5.37. The zero-order valence-electron chi connectivity index (χ0n) is 11.9. The van der Waals surface area contributed by atoms with Crippen LogP contribution in [0.2, 0.25) is 0 Å². The molecule has 2 nitrogen and oxygen atoms in total. The summed E-state index contributed by atoms with van der Waals surface area (Å²) in [5.41, 5.74) is 5.76. The molecule has 0 fully saturated rings. The van der Waals surface area contributed by atoms with Crippen LogP contribution >= 0.6 is 0 Å². The molecule has 3 N–H and O–H groups in total.